The van der Waals surface area contributed by atoms with Crippen molar-refractivity contribution in [2.45, 2.75) is 12.5 Å². The van der Waals surface area contributed by atoms with Crippen LogP contribution < -0.4 is 0 Å². The predicted octanol–water partition coefficient (Wildman–Crippen LogP) is 1.73. The topological polar surface area (TPSA) is 83.8 Å². The van der Waals surface area contributed by atoms with Gasteiger partial charge in [-0.1, -0.05) is 17.7 Å². The maximum Gasteiger partial charge on any atom is 0.311 e. The van der Waals surface area contributed by atoms with Gasteiger partial charge in [-0.05, 0) is 17.7 Å². The first-order chi connectivity index (χ1) is 7.99. The number of carbonyl (C=O) groups is 2. The number of aromatic hydroxyl groups is 1. The SMILES string of the molecule is O=C1CC(C(=O)O)C(c2ccc(O)c(Cl)c2)O1. The number of carboxylic acids is 1. The number of cyclic esters (lactones) is 1. The first-order valence-corrected chi connectivity index (χ1v) is 5.27. The molecule has 17 heavy (non-hydrogen) atoms. The molecule has 1 fully saturated rings. The zero-order chi connectivity index (χ0) is 12.6. The molecule has 2 unspecified atom stereocenters. The summed E-state index contributed by atoms with van der Waals surface area (Å²) in [6.45, 7) is 0. The van der Waals surface area contributed by atoms with Crippen molar-refractivity contribution in [2.75, 3.05) is 0 Å². The minimum atomic E-state index is -1.09. The van der Waals surface area contributed by atoms with Gasteiger partial charge in [0, 0.05) is 0 Å². The monoisotopic (exact) mass is 256 g/mol. The minimum Gasteiger partial charge on any atom is -0.506 e. The lowest BCUT2D eigenvalue weighted by atomic mass is 9.95. The number of benzene rings is 1. The number of esters is 1. The number of halogens is 1. The molecule has 0 aliphatic carbocycles. The second-order valence-electron chi connectivity index (χ2n) is 3.77. The van der Waals surface area contributed by atoms with E-state index in [4.69, 9.17) is 21.4 Å². The first-order valence-electron chi connectivity index (χ1n) is 4.89. The predicted molar refractivity (Wildman–Crippen MR) is 57.7 cm³/mol. The number of rotatable bonds is 2. The molecule has 2 atom stereocenters. The Labute approximate surface area is 102 Å². The lowest BCUT2D eigenvalue weighted by molar-refractivity contribution is -0.144. The van der Waals surface area contributed by atoms with Gasteiger partial charge in [-0.3, -0.25) is 9.59 Å². The van der Waals surface area contributed by atoms with Crippen LogP contribution in [0, 0.1) is 5.92 Å². The van der Waals surface area contributed by atoms with E-state index in [2.05, 4.69) is 0 Å². The molecule has 0 bridgehead atoms. The first kappa shape index (κ1) is 11.7. The number of hydrogen-bond acceptors (Lipinski definition) is 4. The van der Waals surface area contributed by atoms with Crippen molar-refractivity contribution < 1.29 is 24.5 Å². The summed E-state index contributed by atoms with van der Waals surface area (Å²) in [5.41, 5.74) is 0.464. The number of carbonyl (C=O) groups excluding carboxylic acids is 1. The highest BCUT2D eigenvalue weighted by atomic mass is 35.5. The van der Waals surface area contributed by atoms with Gasteiger partial charge in [0.25, 0.3) is 0 Å². The number of carboxylic acid groups (broad SMARTS) is 1. The third kappa shape index (κ3) is 2.19. The molecule has 1 aromatic carbocycles. The quantitative estimate of drug-likeness (QED) is 0.788. The fraction of sp³-hybridized carbons (Fsp3) is 0.273. The average Bonchev–Trinajstić information content (AvgIpc) is 2.64. The van der Waals surface area contributed by atoms with Crippen LogP contribution >= 0.6 is 11.6 Å². The normalized spacial score (nSPS) is 23.5. The van der Waals surface area contributed by atoms with Crippen molar-refractivity contribution in [3.05, 3.63) is 28.8 Å². The van der Waals surface area contributed by atoms with Crippen LogP contribution in [0.1, 0.15) is 18.1 Å². The second-order valence-corrected chi connectivity index (χ2v) is 4.18. The molecule has 5 nitrogen and oxygen atoms in total. The van der Waals surface area contributed by atoms with Crippen molar-refractivity contribution >= 4 is 23.5 Å². The molecule has 0 saturated carbocycles. The van der Waals surface area contributed by atoms with E-state index in [1.165, 1.54) is 18.2 Å². The van der Waals surface area contributed by atoms with Crippen LogP contribution in [-0.2, 0) is 14.3 Å². The van der Waals surface area contributed by atoms with Gasteiger partial charge < -0.3 is 14.9 Å². The lowest BCUT2D eigenvalue weighted by Gasteiger charge is -2.14. The molecule has 0 spiro atoms. The highest BCUT2D eigenvalue weighted by Crippen LogP contribution is 2.37. The van der Waals surface area contributed by atoms with Crippen LogP contribution in [0.3, 0.4) is 0 Å². The third-order valence-electron chi connectivity index (χ3n) is 2.63. The largest absolute Gasteiger partial charge is 0.506 e. The molecule has 1 aromatic rings. The van der Waals surface area contributed by atoms with Gasteiger partial charge in [-0.15, -0.1) is 0 Å². The summed E-state index contributed by atoms with van der Waals surface area (Å²) < 4.78 is 4.96. The van der Waals surface area contributed by atoms with Gasteiger partial charge in [0.05, 0.1) is 11.4 Å². The van der Waals surface area contributed by atoms with Gasteiger partial charge in [0.2, 0.25) is 0 Å². The van der Waals surface area contributed by atoms with E-state index in [9.17, 15) is 14.7 Å². The Morgan fingerprint density at radius 2 is 2.18 bits per heavy atom. The summed E-state index contributed by atoms with van der Waals surface area (Å²) >= 11 is 5.72. The molecule has 1 saturated heterocycles. The highest BCUT2D eigenvalue weighted by Gasteiger charge is 2.41. The van der Waals surface area contributed by atoms with Crippen LogP contribution in [-0.4, -0.2) is 22.2 Å². The number of phenolic OH excluding ortho intramolecular Hbond substituents is 1. The molecule has 6 heteroatoms. The van der Waals surface area contributed by atoms with Crippen LogP contribution in [0.15, 0.2) is 18.2 Å². The van der Waals surface area contributed by atoms with Gasteiger partial charge in [0.1, 0.15) is 17.8 Å². The highest BCUT2D eigenvalue weighted by molar-refractivity contribution is 6.32. The van der Waals surface area contributed by atoms with Gasteiger partial charge in [-0.25, -0.2) is 0 Å². The minimum absolute atomic E-state index is 0.0922. The standard InChI is InChI=1S/C11H9ClO5/c12-7-3-5(1-2-8(7)13)10-6(11(15)16)4-9(14)17-10/h1-3,6,10,13H,4H2,(H,15,16). The summed E-state index contributed by atoms with van der Waals surface area (Å²) in [6.07, 6.45) is -1.00. The van der Waals surface area contributed by atoms with Gasteiger partial charge in [-0.2, -0.15) is 0 Å². The molecule has 1 aliphatic heterocycles. The molecule has 0 radical (unpaired) electrons. The summed E-state index contributed by atoms with van der Waals surface area (Å²) in [6, 6.07) is 4.22. The van der Waals surface area contributed by atoms with Gasteiger partial charge in [0.15, 0.2) is 0 Å². The Balaban J connectivity index is 2.34. The zero-order valence-electron chi connectivity index (χ0n) is 8.59. The lowest BCUT2D eigenvalue weighted by Crippen LogP contribution is -2.17. The van der Waals surface area contributed by atoms with E-state index in [1.807, 2.05) is 0 Å². The zero-order valence-corrected chi connectivity index (χ0v) is 9.35. The Hall–Kier alpha value is -1.75. The van der Waals surface area contributed by atoms with E-state index >= 15 is 0 Å². The van der Waals surface area contributed by atoms with Crippen LogP contribution in [0.4, 0.5) is 0 Å². The van der Waals surface area contributed by atoms with Crippen molar-refractivity contribution in [3.8, 4) is 5.75 Å². The molecule has 2 rings (SSSR count). The maximum absolute atomic E-state index is 11.1. The Kier molecular flexibility index (Phi) is 2.93. The van der Waals surface area contributed by atoms with E-state index < -0.39 is 24.0 Å². The molecule has 1 aliphatic rings. The third-order valence-corrected chi connectivity index (χ3v) is 2.93. The van der Waals surface area contributed by atoms with Crippen molar-refractivity contribution in [3.63, 3.8) is 0 Å². The average molecular weight is 257 g/mol. The van der Waals surface area contributed by atoms with Crippen LogP contribution in [0.2, 0.25) is 5.02 Å². The van der Waals surface area contributed by atoms with E-state index in [-0.39, 0.29) is 17.2 Å². The summed E-state index contributed by atoms with van der Waals surface area (Å²) in [5, 5.41) is 18.3. The summed E-state index contributed by atoms with van der Waals surface area (Å²) in [7, 11) is 0. The number of ether oxygens (including phenoxy) is 1. The van der Waals surface area contributed by atoms with Crippen LogP contribution in [0.25, 0.3) is 0 Å². The van der Waals surface area contributed by atoms with Crippen molar-refractivity contribution in [1.82, 2.24) is 0 Å². The smallest absolute Gasteiger partial charge is 0.311 e. The Bertz CT molecular complexity index is 485. The fourth-order valence-corrected chi connectivity index (χ4v) is 1.96. The van der Waals surface area contributed by atoms with Crippen molar-refractivity contribution in [2.24, 2.45) is 5.92 Å². The number of phenols is 1. The fourth-order valence-electron chi connectivity index (χ4n) is 1.78. The summed E-state index contributed by atoms with van der Waals surface area (Å²) in [4.78, 5) is 22.1. The molecule has 1 heterocycles. The Morgan fingerprint density at radius 1 is 1.47 bits per heavy atom. The van der Waals surface area contributed by atoms with E-state index in [0.717, 1.165) is 0 Å². The number of hydrogen-bond donors (Lipinski definition) is 2. The molecule has 90 valence electrons. The van der Waals surface area contributed by atoms with E-state index in [0.29, 0.717) is 5.56 Å². The van der Waals surface area contributed by atoms with Crippen LogP contribution in [0.5, 0.6) is 5.75 Å². The van der Waals surface area contributed by atoms with E-state index in [1.54, 1.807) is 0 Å². The Morgan fingerprint density at radius 3 is 2.76 bits per heavy atom. The second kappa shape index (κ2) is 4.25. The van der Waals surface area contributed by atoms with Gasteiger partial charge >= 0.3 is 11.9 Å². The van der Waals surface area contributed by atoms with Crippen molar-refractivity contribution in [1.29, 1.82) is 0 Å². The molecule has 0 aromatic heterocycles. The number of aliphatic carboxylic acids is 1. The maximum atomic E-state index is 11.1. The molecular weight excluding hydrogens is 248 g/mol. The molecular formula is C11H9ClO5. The molecule has 0 amide bonds. The summed E-state index contributed by atoms with van der Waals surface area (Å²) in [5.74, 6) is -2.66. The molecule has 2 N–H and O–H groups in total.